The van der Waals surface area contributed by atoms with E-state index in [9.17, 15) is 0 Å². The van der Waals surface area contributed by atoms with Crippen LogP contribution in [0.4, 0.5) is 0 Å². The fraction of sp³-hybridized carbons (Fsp3) is 0.714. The molecule has 0 bridgehead atoms. The van der Waals surface area contributed by atoms with E-state index in [-0.39, 0.29) is 5.54 Å². The van der Waals surface area contributed by atoms with Crippen molar-refractivity contribution in [3.63, 3.8) is 0 Å². The molecule has 0 radical (unpaired) electrons. The van der Waals surface area contributed by atoms with Gasteiger partial charge >= 0.3 is 0 Å². The molecule has 1 rings (SSSR count). The predicted octanol–water partition coefficient (Wildman–Crippen LogP) is -0.740. The van der Waals surface area contributed by atoms with Crippen molar-refractivity contribution >= 4 is 23.9 Å². The van der Waals surface area contributed by atoms with E-state index in [0.29, 0.717) is 0 Å². The van der Waals surface area contributed by atoms with Crippen molar-refractivity contribution in [1.82, 2.24) is 10.6 Å². The maximum atomic E-state index is 9.00. The van der Waals surface area contributed by atoms with Crippen molar-refractivity contribution in [2.75, 3.05) is 26.2 Å². The molecule has 11 nitrogen and oxygen atoms in total. The van der Waals surface area contributed by atoms with E-state index in [0.717, 1.165) is 53.9 Å². The number of nitrogens with one attached hydrogen (secondary N) is 2. The lowest BCUT2D eigenvalue weighted by molar-refractivity contribution is -0.135. The zero-order valence-corrected chi connectivity index (χ0v) is 15.3. The number of carboxylic acids is 4. The number of carboxylic acid groups (broad SMARTS) is 4. The summed E-state index contributed by atoms with van der Waals surface area (Å²) in [7, 11) is 0. The molecule has 1 aliphatic heterocycles. The fourth-order valence-corrected chi connectivity index (χ4v) is 0.987. The van der Waals surface area contributed by atoms with Crippen molar-refractivity contribution in [2.24, 2.45) is 5.73 Å². The molecule has 0 atom stereocenters. The highest BCUT2D eigenvalue weighted by atomic mass is 16.4. The molecule has 0 saturated carbocycles. The van der Waals surface area contributed by atoms with E-state index in [4.69, 9.17) is 45.3 Å². The molecule has 0 aromatic heterocycles. The van der Waals surface area contributed by atoms with Crippen LogP contribution in [0.15, 0.2) is 0 Å². The Bertz CT molecular complexity index is 312. The van der Waals surface area contributed by atoms with E-state index >= 15 is 0 Å². The summed E-state index contributed by atoms with van der Waals surface area (Å²) in [6, 6.07) is 0. The van der Waals surface area contributed by atoms with Crippen LogP contribution in [0.2, 0.25) is 0 Å². The highest BCUT2D eigenvalue weighted by Crippen LogP contribution is 1.95. The number of hydrogen-bond donors (Lipinski definition) is 7. The normalized spacial score (nSPS) is 13.8. The van der Waals surface area contributed by atoms with Gasteiger partial charge in [-0.2, -0.15) is 0 Å². The maximum Gasteiger partial charge on any atom is 0.300 e. The summed E-state index contributed by atoms with van der Waals surface area (Å²) in [5, 5.41) is 36.2. The second kappa shape index (κ2) is 19.8. The van der Waals surface area contributed by atoms with Crippen molar-refractivity contribution in [3.8, 4) is 0 Å². The standard InChI is InChI=1S/C6H15N3.4C2H4O2/c1-6(7)4-8-2-3-9-5-6;4*1-2(3)4/h8-9H,2-5,7H2,1H3;4*1H3,(H,3,4). The largest absolute Gasteiger partial charge is 0.481 e. The van der Waals surface area contributed by atoms with Gasteiger partial charge in [-0.3, -0.25) is 19.2 Å². The summed E-state index contributed by atoms with van der Waals surface area (Å²) in [5.74, 6) is -3.33. The molecule has 150 valence electrons. The van der Waals surface area contributed by atoms with Crippen molar-refractivity contribution in [3.05, 3.63) is 0 Å². The van der Waals surface area contributed by atoms with E-state index < -0.39 is 23.9 Å². The predicted molar refractivity (Wildman–Crippen MR) is 91.6 cm³/mol. The summed E-state index contributed by atoms with van der Waals surface area (Å²) in [6.07, 6.45) is 0. The molecular weight excluding hydrogens is 338 g/mol. The number of hydrogen-bond acceptors (Lipinski definition) is 7. The quantitative estimate of drug-likeness (QED) is 0.283. The van der Waals surface area contributed by atoms with Gasteiger partial charge in [0.1, 0.15) is 0 Å². The first-order chi connectivity index (χ1) is 11.1. The molecule has 0 amide bonds. The third-order valence-electron chi connectivity index (χ3n) is 1.54. The first-order valence-electron chi connectivity index (χ1n) is 7.12. The van der Waals surface area contributed by atoms with Crippen molar-refractivity contribution < 1.29 is 39.6 Å². The number of aliphatic carboxylic acids is 4. The first kappa shape index (κ1) is 30.6. The summed E-state index contributed by atoms with van der Waals surface area (Å²) < 4.78 is 0. The summed E-state index contributed by atoms with van der Waals surface area (Å²) in [5.41, 5.74) is 5.79. The number of carbonyl (C=O) groups is 4. The zero-order chi connectivity index (χ0) is 21.1. The van der Waals surface area contributed by atoms with Gasteiger partial charge in [0, 0.05) is 59.4 Å². The van der Waals surface area contributed by atoms with Gasteiger partial charge in [-0.05, 0) is 6.92 Å². The van der Waals surface area contributed by atoms with Crippen LogP contribution in [0.25, 0.3) is 0 Å². The highest BCUT2D eigenvalue weighted by Gasteiger charge is 2.18. The van der Waals surface area contributed by atoms with Gasteiger partial charge in [-0.1, -0.05) is 0 Å². The van der Waals surface area contributed by atoms with Crippen LogP contribution in [0.3, 0.4) is 0 Å². The molecule has 0 unspecified atom stereocenters. The van der Waals surface area contributed by atoms with Crippen LogP contribution in [-0.2, 0) is 19.2 Å². The molecule has 1 fully saturated rings. The molecular formula is C14H31N3O8. The molecule has 1 aliphatic rings. The molecule has 0 aliphatic carbocycles. The lowest BCUT2D eigenvalue weighted by atomic mass is 10.1. The monoisotopic (exact) mass is 369 g/mol. The number of rotatable bonds is 0. The molecule has 11 heteroatoms. The lowest BCUT2D eigenvalue weighted by Crippen LogP contribution is -2.50. The molecule has 0 aromatic rings. The molecule has 1 saturated heterocycles. The SMILES string of the molecule is CC(=O)O.CC(=O)O.CC(=O)O.CC(=O)O.CC1(N)CNCCNC1. The Hall–Kier alpha value is -2.24. The highest BCUT2D eigenvalue weighted by molar-refractivity contribution is 5.63. The first-order valence-corrected chi connectivity index (χ1v) is 7.12. The van der Waals surface area contributed by atoms with Crippen LogP contribution in [0, 0.1) is 0 Å². The van der Waals surface area contributed by atoms with E-state index in [1.807, 2.05) is 0 Å². The minimum atomic E-state index is -0.833. The van der Waals surface area contributed by atoms with Gasteiger partial charge in [0.15, 0.2) is 0 Å². The fourth-order valence-electron chi connectivity index (χ4n) is 0.987. The third-order valence-corrected chi connectivity index (χ3v) is 1.54. The zero-order valence-electron chi connectivity index (χ0n) is 15.3. The summed E-state index contributed by atoms with van der Waals surface area (Å²) >= 11 is 0. The molecule has 8 N–H and O–H groups in total. The lowest BCUT2D eigenvalue weighted by Gasteiger charge is -2.21. The van der Waals surface area contributed by atoms with Gasteiger partial charge in [0.25, 0.3) is 23.9 Å². The van der Waals surface area contributed by atoms with Crippen LogP contribution in [0.5, 0.6) is 0 Å². The minimum absolute atomic E-state index is 0.0590. The van der Waals surface area contributed by atoms with Gasteiger partial charge in [-0.15, -0.1) is 0 Å². The second-order valence-corrected chi connectivity index (χ2v) is 5.08. The van der Waals surface area contributed by atoms with E-state index in [1.165, 1.54) is 0 Å². The molecule has 0 aromatic carbocycles. The Morgan fingerprint density at radius 1 is 0.720 bits per heavy atom. The van der Waals surface area contributed by atoms with Gasteiger partial charge in [-0.25, -0.2) is 0 Å². The number of nitrogens with two attached hydrogens (primary N) is 1. The van der Waals surface area contributed by atoms with Crippen molar-refractivity contribution in [2.45, 2.75) is 40.2 Å². The smallest absolute Gasteiger partial charge is 0.300 e. The molecule has 25 heavy (non-hydrogen) atoms. The minimum Gasteiger partial charge on any atom is -0.481 e. The van der Waals surface area contributed by atoms with Crippen LogP contribution in [0.1, 0.15) is 34.6 Å². The van der Waals surface area contributed by atoms with Gasteiger partial charge in [0.05, 0.1) is 0 Å². The van der Waals surface area contributed by atoms with Gasteiger partial charge < -0.3 is 36.8 Å². The third kappa shape index (κ3) is 111. The molecule has 1 heterocycles. The average molecular weight is 369 g/mol. The summed E-state index contributed by atoms with van der Waals surface area (Å²) in [4.78, 5) is 36.0. The van der Waals surface area contributed by atoms with Crippen molar-refractivity contribution in [1.29, 1.82) is 0 Å². The van der Waals surface area contributed by atoms with Crippen LogP contribution >= 0.6 is 0 Å². The molecule has 0 spiro atoms. The Labute approximate surface area is 147 Å². The maximum absolute atomic E-state index is 9.00. The second-order valence-electron chi connectivity index (χ2n) is 5.08. The average Bonchev–Trinajstić information content (AvgIpc) is 2.49. The Kier molecular flexibility index (Phi) is 24.3. The van der Waals surface area contributed by atoms with E-state index in [2.05, 4.69) is 17.6 Å². The topological polar surface area (TPSA) is 199 Å². The Morgan fingerprint density at radius 2 is 0.880 bits per heavy atom. The van der Waals surface area contributed by atoms with Crippen LogP contribution < -0.4 is 16.4 Å². The van der Waals surface area contributed by atoms with Gasteiger partial charge in [0.2, 0.25) is 0 Å². The Balaban J connectivity index is -0.000000119. The Morgan fingerprint density at radius 3 is 1.04 bits per heavy atom. The van der Waals surface area contributed by atoms with Crippen LogP contribution in [-0.4, -0.2) is 76.0 Å². The van der Waals surface area contributed by atoms with E-state index in [1.54, 1.807) is 0 Å². The summed E-state index contributed by atoms with van der Waals surface area (Å²) in [6.45, 7) is 10.3.